The van der Waals surface area contributed by atoms with Gasteiger partial charge in [-0.1, -0.05) is 28.1 Å². The van der Waals surface area contributed by atoms with E-state index in [9.17, 15) is 9.59 Å². The van der Waals surface area contributed by atoms with Crippen LogP contribution in [0.4, 0.5) is 0 Å². The van der Waals surface area contributed by atoms with Gasteiger partial charge in [0.1, 0.15) is 0 Å². The molecule has 1 fully saturated rings. The van der Waals surface area contributed by atoms with Crippen molar-refractivity contribution in [3.63, 3.8) is 0 Å². The Bertz CT molecular complexity index is 565. The van der Waals surface area contributed by atoms with Crippen molar-refractivity contribution in [3.05, 3.63) is 46.0 Å². The summed E-state index contributed by atoms with van der Waals surface area (Å²) in [4.78, 5) is 23.3. The molecule has 0 radical (unpaired) electrons. The number of halogens is 1. The lowest BCUT2D eigenvalue weighted by Gasteiger charge is -2.30. The Kier molecular flexibility index (Phi) is 2.23. The summed E-state index contributed by atoms with van der Waals surface area (Å²) >= 11 is 3.36. The highest BCUT2D eigenvalue weighted by Gasteiger charge is 2.41. The van der Waals surface area contributed by atoms with E-state index in [1.807, 2.05) is 24.3 Å². The van der Waals surface area contributed by atoms with Crippen LogP contribution in [0.15, 0.2) is 34.8 Å². The van der Waals surface area contributed by atoms with E-state index in [0.29, 0.717) is 18.4 Å². The highest BCUT2D eigenvalue weighted by atomic mass is 79.9. The molecule has 2 aliphatic rings. The molecule has 1 spiro atoms. The molecular formula is C13H10BrNO2. The third kappa shape index (κ3) is 1.55. The smallest absolute Gasteiger partial charge is 0.221 e. The topological polar surface area (TPSA) is 46.2 Å². The second kappa shape index (κ2) is 3.53. The van der Waals surface area contributed by atoms with Crippen LogP contribution in [0.5, 0.6) is 0 Å². The van der Waals surface area contributed by atoms with Crippen LogP contribution in [0.1, 0.15) is 28.8 Å². The Morgan fingerprint density at radius 1 is 1.29 bits per heavy atom. The summed E-state index contributed by atoms with van der Waals surface area (Å²) in [5.41, 5.74) is 1.10. The number of hydrogen-bond donors (Lipinski definition) is 1. The van der Waals surface area contributed by atoms with Gasteiger partial charge >= 0.3 is 0 Å². The normalized spacial score (nSPS) is 26.2. The number of allylic oxidation sites excluding steroid dienone is 1. The van der Waals surface area contributed by atoms with Crippen molar-refractivity contribution in [2.75, 3.05) is 0 Å². The summed E-state index contributed by atoms with van der Waals surface area (Å²) in [6.07, 6.45) is 4.59. The maximum Gasteiger partial charge on any atom is 0.221 e. The van der Waals surface area contributed by atoms with Crippen molar-refractivity contribution < 1.29 is 9.59 Å². The van der Waals surface area contributed by atoms with E-state index in [4.69, 9.17) is 0 Å². The maximum absolute atomic E-state index is 11.8. The predicted molar refractivity (Wildman–Crippen MR) is 66.7 cm³/mol. The van der Waals surface area contributed by atoms with Gasteiger partial charge in [-0.3, -0.25) is 9.59 Å². The molecule has 0 bridgehead atoms. The lowest BCUT2D eigenvalue weighted by Crippen LogP contribution is -2.40. The largest absolute Gasteiger partial charge is 0.343 e. The second-order valence-electron chi connectivity index (χ2n) is 4.41. The molecule has 1 aromatic carbocycles. The first-order chi connectivity index (χ1) is 8.11. The first-order valence-electron chi connectivity index (χ1n) is 5.45. The lowest BCUT2D eigenvalue weighted by molar-refractivity contribution is -0.119. The fourth-order valence-corrected chi connectivity index (χ4v) is 2.88. The number of fused-ring (bicyclic) bond motifs is 2. The first kappa shape index (κ1) is 10.7. The summed E-state index contributed by atoms with van der Waals surface area (Å²) in [5, 5.41) is 2.97. The van der Waals surface area contributed by atoms with E-state index in [-0.39, 0.29) is 11.7 Å². The Morgan fingerprint density at radius 2 is 2.12 bits per heavy atom. The molecule has 3 rings (SSSR count). The molecule has 0 unspecified atom stereocenters. The predicted octanol–water partition coefficient (Wildman–Crippen LogP) is 2.31. The highest BCUT2D eigenvalue weighted by molar-refractivity contribution is 9.10. The van der Waals surface area contributed by atoms with Crippen molar-refractivity contribution in [2.24, 2.45) is 0 Å². The summed E-state index contributed by atoms with van der Waals surface area (Å²) < 4.78 is 0.874. The van der Waals surface area contributed by atoms with E-state index < -0.39 is 5.54 Å². The van der Waals surface area contributed by atoms with Gasteiger partial charge in [-0.15, -0.1) is 0 Å². The van der Waals surface area contributed by atoms with Crippen molar-refractivity contribution in [3.8, 4) is 0 Å². The minimum absolute atomic E-state index is 0.00641. The van der Waals surface area contributed by atoms with Gasteiger partial charge in [-0.25, -0.2) is 0 Å². The van der Waals surface area contributed by atoms with E-state index in [1.54, 1.807) is 6.08 Å². The van der Waals surface area contributed by atoms with Gasteiger partial charge in [0, 0.05) is 16.5 Å². The van der Waals surface area contributed by atoms with Crippen LogP contribution in [-0.4, -0.2) is 11.7 Å². The Morgan fingerprint density at radius 3 is 2.82 bits per heavy atom. The second-order valence-corrected chi connectivity index (χ2v) is 5.32. The van der Waals surface area contributed by atoms with E-state index in [1.165, 1.54) is 0 Å². The number of nitrogens with one attached hydrogen (secondary N) is 1. The van der Waals surface area contributed by atoms with Crippen molar-refractivity contribution in [1.29, 1.82) is 0 Å². The minimum Gasteiger partial charge on any atom is -0.343 e. The molecule has 1 aliphatic heterocycles. The number of hydrogen-bond acceptors (Lipinski definition) is 2. The zero-order valence-electron chi connectivity index (χ0n) is 9.00. The molecule has 4 heteroatoms. The SMILES string of the molecule is O=C1CC[C@@]2(C=CC(=O)c3cc(Br)ccc32)N1. The fourth-order valence-electron chi connectivity index (χ4n) is 2.52. The third-order valence-corrected chi connectivity index (χ3v) is 3.85. The molecule has 1 aromatic rings. The minimum atomic E-state index is -0.471. The van der Waals surface area contributed by atoms with Crippen molar-refractivity contribution in [1.82, 2.24) is 5.32 Å². The quantitative estimate of drug-likeness (QED) is 0.797. The summed E-state index contributed by atoms with van der Waals surface area (Å²) in [6, 6.07) is 5.62. The van der Waals surface area contributed by atoms with E-state index in [0.717, 1.165) is 10.0 Å². The Balaban J connectivity index is 2.20. The maximum atomic E-state index is 11.8. The zero-order chi connectivity index (χ0) is 12.0. The van der Waals surface area contributed by atoms with Crippen LogP contribution >= 0.6 is 15.9 Å². The fraction of sp³-hybridized carbons (Fsp3) is 0.231. The summed E-state index contributed by atoms with van der Waals surface area (Å²) in [7, 11) is 0. The third-order valence-electron chi connectivity index (χ3n) is 3.36. The number of rotatable bonds is 0. The molecule has 1 atom stereocenters. The highest BCUT2D eigenvalue weighted by Crippen LogP contribution is 2.38. The Hall–Kier alpha value is -1.42. The monoisotopic (exact) mass is 291 g/mol. The van der Waals surface area contributed by atoms with Crippen molar-refractivity contribution >= 4 is 27.6 Å². The molecule has 0 saturated carbocycles. The van der Waals surface area contributed by atoms with Gasteiger partial charge in [0.15, 0.2) is 5.78 Å². The van der Waals surface area contributed by atoms with Crippen LogP contribution in [-0.2, 0) is 10.3 Å². The number of ketones is 1. The zero-order valence-corrected chi connectivity index (χ0v) is 10.6. The van der Waals surface area contributed by atoms with Crippen LogP contribution < -0.4 is 5.32 Å². The van der Waals surface area contributed by atoms with Gasteiger partial charge in [-0.2, -0.15) is 0 Å². The van der Waals surface area contributed by atoms with Crippen LogP contribution in [0.25, 0.3) is 0 Å². The summed E-state index contributed by atoms with van der Waals surface area (Å²) in [5.74, 6) is 0.0333. The Labute approximate surface area is 107 Å². The van der Waals surface area contributed by atoms with E-state index in [2.05, 4.69) is 21.2 Å². The molecule has 1 aliphatic carbocycles. The molecule has 86 valence electrons. The number of carbonyl (C=O) groups excluding carboxylic acids is 2. The van der Waals surface area contributed by atoms with Gasteiger partial charge in [0.25, 0.3) is 0 Å². The van der Waals surface area contributed by atoms with E-state index >= 15 is 0 Å². The molecule has 1 amide bonds. The van der Waals surface area contributed by atoms with Gasteiger partial charge < -0.3 is 5.32 Å². The number of carbonyl (C=O) groups is 2. The van der Waals surface area contributed by atoms with Gasteiger partial charge in [0.2, 0.25) is 5.91 Å². The van der Waals surface area contributed by atoms with Crippen LogP contribution in [0.3, 0.4) is 0 Å². The summed E-state index contributed by atoms with van der Waals surface area (Å²) in [6.45, 7) is 0. The van der Waals surface area contributed by atoms with Crippen LogP contribution in [0, 0.1) is 0 Å². The standard InChI is InChI=1S/C13H10BrNO2/c14-8-1-2-10-9(7-8)11(16)3-5-13(10)6-4-12(17)15-13/h1-3,5,7H,4,6H2,(H,15,17)/t13-/m1/s1. The van der Waals surface area contributed by atoms with Crippen molar-refractivity contribution in [2.45, 2.75) is 18.4 Å². The molecule has 3 nitrogen and oxygen atoms in total. The molecule has 1 N–H and O–H groups in total. The first-order valence-corrected chi connectivity index (χ1v) is 6.25. The molecular weight excluding hydrogens is 282 g/mol. The number of benzene rings is 1. The number of amides is 1. The van der Waals surface area contributed by atoms with Gasteiger partial charge in [-0.05, 0) is 30.2 Å². The van der Waals surface area contributed by atoms with Gasteiger partial charge in [0.05, 0.1) is 5.54 Å². The molecule has 0 aromatic heterocycles. The lowest BCUT2D eigenvalue weighted by atomic mass is 9.80. The average Bonchev–Trinajstić information content (AvgIpc) is 2.67. The molecule has 1 saturated heterocycles. The van der Waals surface area contributed by atoms with Crippen LogP contribution in [0.2, 0.25) is 0 Å². The molecule has 17 heavy (non-hydrogen) atoms. The molecule has 1 heterocycles. The average molecular weight is 292 g/mol.